The number of hydrogen-bond donors (Lipinski definition) is 1. The van der Waals surface area contributed by atoms with Crippen LogP contribution in [0.25, 0.3) is 0 Å². The van der Waals surface area contributed by atoms with Gasteiger partial charge in [0.05, 0.1) is 0 Å². The van der Waals surface area contributed by atoms with Crippen molar-refractivity contribution in [1.29, 1.82) is 0 Å². The zero-order chi connectivity index (χ0) is 14.8. The molecule has 2 aliphatic rings. The summed E-state index contributed by atoms with van der Waals surface area (Å²) in [6.45, 7) is 7.75. The Morgan fingerprint density at radius 1 is 1.15 bits per heavy atom. The van der Waals surface area contributed by atoms with Crippen molar-refractivity contribution in [2.24, 2.45) is 5.92 Å². The van der Waals surface area contributed by atoms with Crippen LogP contribution in [0.15, 0.2) is 0 Å². The van der Waals surface area contributed by atoms with Gasteiger partial charge in [0.15, 0.2) is 0 Å². The molecule has 0 aromatic heterocycles. The van der Waals surface area contributed by atoms with Gasteiger partial charge in [0, 0.05) is 36.7 Å². The maximum Gasteiger partial charge on any atom is 0.282 e. The number of rotatable bonds is 4. The zero-order valence-electron chi connectivity index (χ0n) is 12.7. The maximum atomic E-state index is 12.8. The van der Waals surface area contributed by atoms with E-state index in [1.165, 1.54) is 0 Å². The van der Waals surface area contributed by atoms with Gasteiger partial charge in [-0.1, -0.05) is 13.8 Å². The van der Waals surface area contributed by atoms with Crippen molar-refractivity contribution in [3.05, 3.63) is 0 Å². The molecule has 3 atom stereocenters. The lowest BCUT2D eigenvalue weighted by molar-refractivity contribution is 0.243. The number of piperidine rings is 1. The van der Waals surface area contributed by atoms with Crippen LogP contribution in [0.4, 0.5) is 0 Å². The van der Waals surface area contributed by atoms with Gasteiger partial charge in [-0.05, 0) is 32.4 Å². The fourth-order valence-corrected chi connectivity index (χ4v) is 6.60. The fourth-order valence-electron chi connectivity index (χ4n) is 3.17. The Kier molecular flexibility index (Phi) is 5.76. The molecule has 0 aromatic rings. The molecule has 0 aliphatic carbocycles. The molecule has 2 heterocycles. The van der Waals surface area contributed by atoms with Crippen LogP contribution in [-0.4, -0.2) is 67.3 Å². The molecule has 5 nitrogen and oxygen atoms in total. The topological polar surface area (TPSA) is 52.7 Å². The summed E-state index contributed by atoms with van der Waals surface area (Å²) in [6.07, 6.45) is 2.09. The molecule has 3 unspecified atom stereocenters. The van der Waals surface area contributed by atoms with Crippen LogP contribution in [0.5, 0.6) is 0 Å². The molecule has 7 heteroatoms. The minimum Gasteiger partial charge on any atom is -0.319 e. The Morgan fingerprint density at radius 2 is 1.80 bits per heavy atom. The van der Waals surface area contributed by atoms with Gasteiger partial charge in [0.25, 0.3) is 10.2 Å². The smallest absolute Gasteiger partial charge is 0.282 e. The van der Waals surface area contributed by atoms with Crippen LogP contribution in [0, 0.1) is 5.92 Å². The van der Waals surface area contributed by atoms with Gasteiger partial charge in [-0.3, -0.25) is 0 Å². The van der Waals surface area contributed by atoms with E-state index < -0.39 is 10.2 Å². The van der Waals surface area contributed by atoms with Crippen molar-refractivity contribution in [2.45, 2.75) is 37.2 Å². The number of nitrogens with zero attached hydrogens (tertiary/aromatic N) is 2. The Labute approximate surface area is 127 Å². The highest BCUT2D eigenvalue weighted by atomic mass is 32.2. The standard InChI is InChI=1S/C13H27N3O2S2/c1-11-8-16(9-12(2)19-11)20(17,18)15-6-4-5-13(10-15)7-14-3/h11-14H,4-10H2,1-3H3. The molecule has 2 rings (SSSR count). The van der Waals surface area contributed by atoms with Gasteiger partial charge in [0.2, 0.25) is 0 Å². The van der Waals surface area contributed by atoms with Crippen molar-refractivity contribution in [1.82, 2.24) is 13.9 Å². The largest absolute Gasteiger partial charge is 0.319 e. The van der Waals surface area contributed by atoms with Crippen molar-refractivity contribution >= 4 is 22.0 Å². The van der Waals surface area contributed by atoms with E-state index in [4.69, 9.17) is 0 Å². The predicted octanol–water partition coefficient (Wildman–Crippen LogP) is 0.988. The summed E-state index contributed by atoms with van der Waals surface area (Å²) >= 11 is 1.88. The summed E-state index contributed by atoms with van der Waals surface area (Å²) in [5.41, 5.74) is 0. The van der Waals surface area contributed by atoms with Crippen LogP contribution < -0.4 is 5.32 Å². The van der Waals surface area contributed by atoms with Gasteiger partial charge < -0.3 is 5.32 Å². The number of thioether (sulfide) groups is 1. The van der Waals surface area contributed by atoms with Gasteiger partial charge >= 0.3 is 0 Å². The lowest BCUT2D eigenvalue weighted by Crippen LogP contribution is -2.53. The summed E-state index contributed by atoms with van der Waals surface area (Å²) in [5, 5.41) is 3.93. The van der Waals surface area contributed by atoms with Crippen molar-refractivity contribution < 1.29 is 8.42 Å². The molecule has 0 spiro atoms. The van der Waals surface area contributed by atoms with Crippen LogP contribution in [0.1, 0.15) is 26.7 Å². The summed E-state index contributed by atoms with van der Waals surface area (Å²) < 4.78 is 29.0. The molecular formula is C13H27N3O2S2. The first-order chi connectivity index (χ1) is 9.43. The first kappa shape index (κ1) is 16.5. The fraction of sp³-hybridized carbons (Fsp3) is 1.00. The summed E-state index contributed by atoms with van der Waals surface area (Å²) in [6, 6.07) is 0. The van der Waals surface area contributed by atoms with Crippen molar-refractivity contribution in [3.63, 3.8) is 0 Å². The minimum atomic E-state index is -3.28. The first-order valence-corrected chi connectivity index (χ1v) is 9.82. The van der Waals surface area contributed by atoms with E-state index >= 15 is 0 Å². The first-order valence-electron chi connectivity index (χ1n) is 7.48. The highest BCUT2D eigenvalue weighted by molar-refractivity contribution is 8.00. The molecule has 2 fully saturated rings. The van der Waals surface area contributed by atoms with E-state index in [0.29, 0.717) is 42.6 Å². The third kappa shape index (κ3) is 3.88. The van der Waals surface area contributed by atoms with Crippen LogP contribution in [0.2, 0.25) is 0 Å². The molecule has 0 saturated carbocycles. The zero-order valence-corrected chi connectivity index (χ0v) is 14.3. The Morgan fingerprint density at radius 3 is 2.40 bits per heavy atom. The maximum absolute atomic E-state index is 12.8. The van der Waals surface area contributed by atoms with Gasteiger partial charge in [-0.15, -0.1) is 0 Å². The van der Waals surface area contributed by atoms with E-state index in [2.05, 4.69) is 19.2 Å². The second kappa shape index (κ2) is 6.96. The van der Waals surface area contributed by atoms with Crippen molar-refractivity contribution in [2.75, 3.05) is 39.8 Å². The molecule has 2 saturated heterocycles. The lowest BCUT2D eigenvalue weighted by atomic mass is 10.00. The molecule has 118 valence electrons. The molecule has 0 bridgehead atoms. The highest BCUT2D eigenvalue weighted by Gasteiger charge is 2.37. The van der Waals surface area contributed by atoms with Crippen LogP contribution in [-0.2, 0) is 10.2 Å². The SMILES string of the molecule is CNCC1CCCN(S(=O)(=O)N2CC(C)SC(C)C2)C1. The lowest BCUT2D eigenvalue weighted by Gasteiger charge is -2.39. The third-order valence-electron chi connectivity index (χ3n) is 4.01. The number of nitrogens with one attached hydrogen (secondary N) is 1. The average molecular weight is 322 g/mol. The average Bonchev–Trinajstić information content (AvgIpc) is 2.38. The number of hydrogen-bond acceptors (Lipinski definition) is 4. The van der Waals surface area contributed by atoms with E-state index in [1.54, 1.807) is 8.61 Å². The molecule has 2 aliphatic heterocycles. The van der Waals surface area contributed by atoms with Crippen molar-refractivity contribution in [3.8, 4) is 0 Å². The van der Waals surface area contributed by atoms with Crippen LogP contribution >= 0.6 is 11.8 Å². The minimum absolute atomic E-state index is 0.381. The third-order valence-corrected chi connectivity index (χ3v) is 7.18. The van der Waals surface area contributed by atoms with E-state index in [-0.39, 0.29) is 0 Å². The molecule has 1 N–H and O–H groups in total. The van der Waals surface area contributed by atoms with E-state index in [0.717, 1.165) is 19.4 Å². The van der Waals surface area contributed by atoms with Gasteiger partial charge in [-0.25, -0.2) is 0 Å². The van der Waals surface area contributed by atoms with Crippen LogP contribution in [0.3, 0.4) is 0 Å². The highest BCUT2D eigenvalue weighted by Crippen LogP contribution is 2.29. The molecular weight excluding hydrogens is 294 g/mol. The molecule has 0 amide bonds. The summed E-state index contributed by atoms with van der Waals surface area (Å²) in [5.74, 6) is 0.442. The Bertz CT molecular complexity index is 404. The second-order valence-electron chi connectivity index (χ2n) is 6.01. The molecule has 20 heavy (non-hydrogen) atoms. The van der Waals surface area contributed by atoms with E-state index in [1.807, 2.05) is 18.8 Å². The normalized spacial score (nSPS) is 34.2. The summed E-state index contributed by atoms with van der Waals surface area (Å²) in [7, 11) is -1.35. The quantitative estimate of drug-likeness (QED) is 0.839. The van der Waals surface area contributed by atoms with Gasteiger partial charge in [-0.2, -0.15) is 28.8 Å². The second-order valence-corrected chi connectivity index (χ2v) is 9.82. The molecule has 0 aromatic carbocycles. The Hall–Kier alpha value is 0.180. The molecule has 0 radical (unpaired) electrons. The Balaban J connectivity index is 2.05. The van der Waals surface area contributed by atoms with E-state index in [9.17, 15) is 8.42 Å². The predicted molar refractivity (Wildman–Crippen MR) is 85.2 cm³/mol. The van der Waals surface area contributed by atoms with Gasteiger partial charge in [0.1, 0.15) is 0 Å². The monoisotopic (exact) mass is 321 g/mol. The summed E-state index contributed by atoms with van der Waals surface area (Å²) in [4.78, 5) is 0.